The minimum atomic E-state index is -5.08. The predicted molar refractivity (Wildman–Crippen MR) is 165 cm³/mol. The monoisotopic (exact) mass is 651 g/mol. The Morgan fingerprint density at radius 1 is 1.07 bits per heavy atom. The van der Waals surface area contributed by atoms with Crippen molar-refractivity contribution >= 4 is 12.1 Å². The van der Waals surface area contributed by atoms with E-state index in [1.165, 1.54) is 12.1 Å². The predicted octanol–water partition coefficient (Wildman–Crippen LogP) is 8.05. The number of likely N-dealkylation sites (tertiary alicyclic amines) is 1. The van der Waals surface area contributed by atoms with E-state index in [9.17, 15) is 26.7 Å². The number of nitrogens with zero attached hydrogens (tertiary/aromatic N) is 2. The van der Waals surface area contributed by atoms with E-state index in [0.717, 1.165) is 43.1 Å². The molecule has 2 atom stereocenters. The highest BCUT2D eigenvalue weighted by Crippen LogP contribution is 2.37. The standard InChI is InChI=1S/C32H41F2N3O2.C2HF3O2/c1-5-6-16-39-31(38)36-15-14-24(21-36)19-35-30(32(2,3)4)29-17-25(27-18-26(33)12-13-28(27)34)22-37(29)20-23-10-8-7-9-11-23;3-2(4,5)1(6)7/h7-13,17-18,22,24,30,35H,5-6,14-16,19-21H2,1-4H3;(H,6,7)/t24?,30-;/m0./s1. The number of alkyl halides is 3. The zero-order valence-electron chi connectivity index (χ0n) is 26.5. The van der Waals surface area contributed by atoms with Gasteiger partial charge in [0, 0.05) is 49.2 Å². The van der Waals surface area contributed by atoms with Crippen molar-refractivity contribution in [3.05, 3.63) is 83.7 Å². The van der Waals surface area contributed by atoms with Crippen molar-refractivity contribution in [2.45, 2.75) is 65.7 Å². The third-order valence-electron chi connectivity index (χ3n) is 7.65. The van der Waals surface area contributed by atoms with Crippen molar-refractivity contribution in [3.8, 4) is 11.1 Å². The molecular weight excluding hydrogens is 609 g/mol. The number of carboxylic acid groups (broad SMARTS) is 1. The number of hydrogen-bond donors (Lipinski definition) is 2. The Kier molecular flexibility index (Phi) is 12.8. The van der Waals surface area contributed by atoms with Gasteiger partial charge in [-0.1, -0.05) is 64.4 Å². The largest absolute Gasteiger partial charge is 0.490 e. The third kappa shape index (κ3) is 10.6. The van der Waals surface area contributed by atoms with Crippen LogP contribution in [0.3, 0.4) is 0 Å². The molecule has 1 aromatic heterocycles. The molecule has 0 bridgehead atoms. The molecular formula is C34H42F5N3O4. The maximum absolute atomic E-state index is 14.8. The van der Waals surface area contributed by atoms with E-state index in [2.05, 4.69) is 49.7 Å². The molecule has 1 fully saturated rings. The SMILES string of the molecule is CCCCOC(=O)N1CCC(CN[C@@H](c2cc(-c3cc(F)ccc3F)cn2Cc2ccccc2)C(C)(C)C)C1.O=C(O)C(F)(F)F. The molecule has 7 nitrogen and oxygen atoms in total. The number of hydrogen-bond acceptors (Lipinski definition) is 4. The maximum atomic E-state index is 14.8. The number of carbonyl (C=O) groups is 2. The number of carboxylic acids is 1. The van der Waals surface area contributed by atoms with Crippen LogP contribution in [0.25, 0.3) is 11.1 Å². The highest BCUT2D eigenvalue weighted by Gasteiger charge is 2.38. The van der Waals surface area contributed by atoms with Gasteiger partial charge < -0.3 is 24.6 Å². The zero-order chi connectivity index (χ0) is 34.1. The second-order valence-corrected chi connectivity index (χ2v) is 12.5. The molecule has 1 amide bonds. The summed E-state index contributed by atoms with van der Waals surface area (Å²) in [4.78, 5) is 23.1. The van der Waals surface area contributed by atoms with Gasteiger partial charge in [0.15, 0.2) is 0 Å². The fourth-order valence-corrected chi connectivity index (χ4v) is 5.25. The molecule has 1 unspecified atom stereocenters. The first-order chi connectivity index (χ1) is 21.6. The molecule has 1 aliphatic rings. The first kappa shape index (κ1) is 36.5. The molecule has 2 aromatic carbocycles. The Labute approximate surface area is 266 Å². The van der Waals surface area contributed by atoms with E-state index < -0.39 is 23.8 Å². The number of aliphatic carboxylic acids is 1. The van der Waals surface area contributed by atoms with Gasteiger partial charge in [0.2, 0.25) is 0 Å². The highest BCUT2D eigenvalue weighted by atomic mass is 19.4. The van der Waals surface area contributed by atoms with Crippen molar-refractivity contribution in [3.63, 3.8) is 0 Å². The van der Waals surface area contributed by atoms with Crippen LogP contribution in [0, 0.1) is 23.0 Å². The third-order valence-corrected chi connectivity index (χ3v) is 7.65. The van der Waals surface area contributed by atoms with Gasteiger partial charge in [-0.2, -0.15) is 13.2 Å². The Bertz CT molecular complexity index is 1440. The minimum absolute atomic E-state index is 0.0582. The number of halogens is 5. The quantitative estimate of drug-likeness (QED) is 0.171. The van der Waals surface area contributed by atoms with Gasteiger partial charge >= 0.3 is 18.2 Å². The van der Waals surface area contributed by atoms with Gasteiger partial charge in [-0.05, 0) is 54.0 Å². The summed E-state index contributed by atoms with van der Waals surface area (Å²) >= 11 is 0. The van der Waals surface area contributed by atoms with E-state index in [1.807, 2.05) is 30.5 Å². The van der Waals surface area contributed by atoms with Gasteiger partial charge in [-0.25, -0.2) is 18.4 Å². The van der Waals surface area contributed by atoms with Crippen LogP contribution in [-0.2, 0) is 16.1 Å². The van der Waals surface area contributed by atoms with Crippen molar-refractivity contribution in [1.29, 1.82) is 0 Å². The number of ether oxygens (including phenoxy) is 1. The lowest BCUT2D eigenvalue weighted by Crippen LogP contribution is -2.38. The Balaban J connectivity index is 0.000000738. The topological polar surface area (TPSA) is 83.8 Å². The molecule has 2 N–H and O–H groups in total. The van der Waals surface area contributed by atoms with Crippen molar-refractivity contribution in [2.75, 3.05) is 26.2 Å². The van der Waals surface area contributed by atoms with Crippen LogP contribution in [0.4, 0.5) is 26.7 Å². The van der Waals surface area contributed by atoms with Crippen LogP contribution >= 0.6 is 0 Å². The normalized spacial score (nSPS) is 15.7. The Morgan fingerprint density at radius 3 is 2.35 bits per heavy atom. The molecule has 3 aromatic rings. The molecule has 2 heterocycles. The molecule has 46 heavy (non-hydrogen) atoms. The molecule has 1 saturated heterocycles. The lowest BCUT2D eigenvalue weighted by atomic mass is 9.84. The molecule has 4 rings (SSSR count). The summed E-state index contributed by atoms with van der Waals surface area (Å²) in [6, 6.07) is 15.6. The van der Waals surface area contributed by atoms with E-state index >= 15 is 0 Å². The Morgan fingerprint density at radius 2 is 1.74 bits per heavy atom. The zero-order valence-corrected chi connectivity index (χ0v) is 26.5. The van der Waals surface area contributed by atoms with Crippen LogP contribution in [0.15, 0.2) is 60.8 Å². The number of nitrogens with one attached hydrogen (secondary N) is 1. The van der Waals surface area contributed by atoms with E-state index in [1.54, 1.807) is 4.90 Å². The lowest BCUT2D eigenvalue weighted by molar-refractivity contribution is -0.192. The summed E-state index contributed by atoms with van der Waals surface area (Å²) in [5, 5.41) is 10.9. The second kappa shape index (κ2) is 16.1. The molecule has 252 valence electrons. The number of benzene rings is 2. The van der Waals surface area contributed by atoms with E-state index in [0.29, 0.717) is 37.7 Å². The molecule has 0 aliphatic carbocycles. The van der Waals surface area contributed by atoms with Crippen LogP contribution in [0.1, 0.15) is 64.3 Å². The second-order valence-electron chi connectivity index (χ2n) is 12.5. The van der Waals surface area contributed by atoms with Gasteiger partial charge in [-0.15, -0.1) is 0 Å². The lowest BCUT2D eigenvalue weighted by Gasteiger charge is -2.33. The summed E-state index contributed by atoms with van der Waals surface area (Å²) in [5.74, 6) is -3.36. The fraction of sp³-hybridized carbons (Fsp3) is 0.471. The molecule has 12 heteroatoms. The van der Waals surface area contributed by atoms with Crippen LogP contribution in [0.5, 0.6) is 0 Å². The van der Waals surface area contributed by atoms with Crippen LogP contribution < -0.4 is 5.32 Å². The minimum Gasteiger partial charge on any atom is -0.475 e. The number of rotatable bonds is 10. The summed E-state index contributed by atoms with van der Waals surface area (Å²) in [6.45, 7) is 11.8. The first-order valence-corrected chi connectivity index (χ1v) is 15.2. The molecule has 1 aliphatic heterocycles. The molecule has 0 saturated carbocycles. The smallest absolute Gasteiger partial charge is 0.475 e. The molecule has 0 spiro atoms. The first-order valence-electron chi connectivity index (χ1n) is 15.2. The van der Waals surface area contributed by atoms with Gasteiger partial charge in [0.25, 0.3) is 0 Å². The average molecular weight is 652 g/mol. The Hall–Kier alpha value is -3.93. The van der Waals surface area contributed by atoms with Crippen molar-refractivity contribution < 1.29 is 41.4 Å². The number of unbranched alkanes of at least 4 members (excludes halogenated alkanes) is 1. The number of carbonyl (C=O) groups excluding carboxylic acids is 1. The fourth-order valence-electron chi connectivity index (χ4n) is 5.25. The van der Waals surface area contributed by atoms with Crippen molar-refractivity contribution in [1.82, 2.24) is 14.8 Å². The van der Waals surface area contributed by atoms with Crippen LogP contribution in [-0.4, -0.2) is 59.1 Å². The van der Waals surface area contributed by atoms with Gasteiger partial charge in [-0.3, -0.25) is 0 Å². The summed E-state index contributed by atoms with van der Waals surface area (Å²) < 4.78 is 68.1. The van der Waals surface area contributed by atoms with Gasteiger partial charge in [0.05, 0.1) is 12.6 Å². The van der Waals surface area contributed by atoms with Crippen molar-refractivity contribution in [2.24, 2.45) is 11.3 Å². The number of aromatic nitrogens is 1. The van der Waals surface area contributed by atoms with E-state index in [4.69, 9.17) is 14.6 Å². The summed E-state index contributed by atoms with van der Waals surface area (Å²) in [5.41, 5.74) is 2.88. The summed E-state index contributed by atoms with van der Waals surface area (Å²) in [6.07, 6.45) is -0.603. The van der Waals surface area contributed by atoms with E-state index in [-0.39, 0.29) is 23.1 Å². The summed E-state index contributed by atoms with van der Waals surface area (Å²) in [7, 11) is 0. The molecule has 0 radical (unpaired) electrons. The average Bonchev–Trinajstić information content (AvgIpc) is 3.62. The number of amides is 1. The van der Waals surface area contributed by atoms with Gasteiger partial charge in [0.1, 0.15) is 11.6 Å². The highest BCUT2D eigenvalue weighted by molar-refractivity contribution is 5.73. The van der Waals surface area contributed by atoms with Crippen LogP contribution in [0.2, 0.25) is 0 Å². The maximum Gasteiger partial charge on any atom is 0.490 e.